The van der Waals surface area contributed by atoms with Crippen molar-refractivity contribution in [2.24, 2.45) is 5.10 Å². The van der Waals surface area contributed by atoms with Crippen LogP contribution in [-0.4, -0.2) is 21.4 Å². The number of nitrogens with one attached hydrogen (secondary N) is 1. The van der Waals surface area contributed by atoms with Crippen LogP contribution in [0.4, 0.5) is 0 Å². The van der Waals surface area contributed by atoms with E-state index in [1.54, 1.807) is 30.3 Å². The number of ether oxygens (including phenoxy) is 1. The Bertz CT molecular complexity index is 683. The Kier molecular flexibility index (Phi) is 4.37. The van der Waals surface area contributed by atoms with Crippen molar-refractivity contribution in [3.8, 4) is 0 Å². The molecule has 20 heavy (non-hydrogen) atoms. The van der Waals surface area contributed by atoms with Gasteiger partial charge in [-0.25, -0.2) is 0 Å². The van der Waals surface area contributed by atoms with E-state index in [4.69, 9.17) is 4.74 Å². The van der Waals surface area contributed by atoms with Crippen LogP contribution in [-0.2, 0) is 14.8 Å². The van der Waals surface area contributed by atoms with Gasteiger partial charge in [-0.05, 0) is 24.3 Å². The summed E-state index contributed by atoms with van der Waals surface area (Å²) in [6.07, 6.45) is 0. The molecule has 104 valence electrons. The second-order valence-electron chi connectivity index (χ2n) is 3.89. The minimum absolute atomic E-state index is 0.146. The van der Waals surface area contributed by atoms with Crippen LogP contribution in [0.1, 0.15) is 5.56 Å². The lowest BCUT2D eigenvalue weighted by Crippen LogP contribution is -2.21. The van der Waals surface area contributed by atoms with Crippen LogP contribution in [0.5, 0.6) is 0 Å². The van der Waals surface area contributed by atoms with Crippen molar-refractivity contribution in [1.29, 1.82) is 0 Å². The first-order valence-corrected chi connectivity index (χ1v) is 7.36. The largest absolute Gasteiger partial charge is 0.480 e. The molecule has 2 rings (SSSR count). The second kappa shape index (κ2) is 6.21. The maximum absolute atomic E-state index is 12.0. The molecule has 6 heteroatoms. The quantitative estimate of drug-likeness (QED) is 0.532. The third-order valence-electron chi connectivity index (χ3n) is 2.53. The summed E-state index contributed by atoms with van der Waals surface area (Å²) >= 11 is 0. The minimum Gasteiger partial charge on any atom is -0.480 e. The molecule has 0 bridgehead atoms. The summed E-state index contributed by atoms with van der Waals surface area (Å²) in [5.74, 6) is 0.199. The summed E-state index contributed by atoms with van der Waals surface area (Å²) in [6, 6.07) is 17.1. The van der Waals surface area contributed by atoms with E-state index in [9.17, 15) is 8.42 Å². The summed E-state index contributed by atoms with van der Waals surface area (Å²) in [5.41, 5.74) is 0.686. The molecule has 0 saturated heterocycles. The minimum atomic E-state index is -3.69. The molecular formula is C14H14N2O3S. The number of nitrogens with zero attached hydrogens (tertiary/aromatic N) is 1. The highest BCUT2D eigenvalue weighted by Crippen LogP contribution is 2.08. The van der Waals surface area contributed by atoms with Gasteiger partial charge in [0.1, 0.15) is 0 Å². The number of hydrogen-bond donors (Lipinski definition) is 1. The SMILES string of the molecule is CO/C(=N\NS(=O)(=O)c1ccccc1)c1ccccc1. The second-order valence-corrected chi connectivity index (χ2v) is 5.56. The van der Waals surface area contributed by atoms with Crippen molar-refractivity contribution in [2.45, 2.75) is 4.90 Å². The summed E-state index contributed by atoms with van der Waals surface area (Å²) in [4.78, 5) is 2.31. The molecule has 2 aromatic rings. The smallest absolute Gasteiger partial charge is 0.276 e. The molecule has 0 aliphatic carbocycles. The van der Waals surface area contributed by atoms with Gasteiger partial charge in [0.15, 0.2) is 0 Å². The Morgan fingerprint density at radius 2 is 1.55 bits per heavy atom. The van der Waals surface area contributed by atoms with Crippen molar-refractivity contribution in [3.05, 3.63) is 66.2 Å². The monoisotopic (exact) mass is 290 g/mol. The molecular weight excluding hydrogens is 276 g/mol. The Morgan fingerprint density at radius 1 is 1.00 bits per heavy atom. The number of benzene rings is 2. The van der Waals surface area contributed by atoms with Crippen LogP contribution >= 0.6 is 0 Å². The van der Waals surface area contributed by atoms with Gasteiger partial charge in [0.25, 0.3) is 10.0 Å². The number of rotatable bonds is 4. The van der Waals surface area contributed by atoms with Crippen molar-refractivity contribution < 1.29 is 13.2 Å². The van der Waals surface area contributed by atoms with Crippen LogP contribution in [0.3, 0.4) is 0 Å². The van der Waals surface area contributed by atoms with Crippen molar-refractivity contribution in [3.63, 3.8) is 0 Å². The Labute approximate surface area is 118 Å². The lowest BCUT2D eigenvalue weighted by atomic mass is 10.2. The molecule has 0 saturated carbocycles. The van der Waals surface area contributed by atoms with Crippen LogP contribution in [0.15, 0.2) is 70.7 Å². The first-order valence-electron chi connectivity index (χ1n) is 5.87. The Morgan fingerprint density at radius 3 is 2.10 bits per heavy atom. The number of hydrazone groups is 1. The molecule has 0 fully saturated rings. The molecule has 0 atom stereocenters. The molecule has 0 aliphatic rings. The Hall–Kier alpha value is -2.34. The number of sulfonamides is 1. The lowest BCUT2D eigenvalue weighted by Gasteiger charge is -2.07. The van der Waals surface area contributed by atoms with Crippen LogP contribution in [0, 0.1) is 0 Å². The van der Waals surface area contributed by atoms with Crippen molar-refractivity contribution in [1.82, 2.24) is 4.83 Å². The predicted molar refractivity (Wildman–Crippen MR) is 76.8 cm³/mol. The van der Waals surface area contributed by atoms with E-state index in [0.717, 1.165) is 0 Å². The number of hydrogen-bond acceptors (Lipinski definition) is 4. The molecule has 5 nitrogen and oxygen atoms in total. The third kappa shape index (κ3) is 3.36. The van der Waals surface area contributed by atoms with Gasteiger partial charge in [-0.15, -0.1) is 5.10 Å². The van der Waals surface area contributed by atoms with E-state index in [2.05, 4.69) is 9.93 Å². The summed E-state index contributed by atoms with van der Waals surface area (Å²) < 4.78 is 29.1. The standard InChI is InChI=1S/C14H14N2O3S/c1-19-14(12-8-4-2-5-9-12)15-16-20(17,18)13-10-6-3-7-11-13/h2-11,16H,1H3/b15-14-. The zero-order valence-corrected chi connectivity index (χ0v) is 11.7. The van der Waals surface area contributed by atoms with Gasteiger partial charge in [-0.1, -0.05) is 36.4 Å². The normalized spacial score (nSPS) is 11.9. The molecule has 0 aromatic heterocycles. The van der Waals surface area contributed by atoms with E-state index >= 15 is 0 Å². The zero-order chi connectivity index (χ0) is 14.4. The van der Waals surface area contributed by atoms with E-state index in [1.807, 2.05) is 18.2 Å². The first kappa shape index (κ1) is 14.1. The van der Waals surface area contributed by atoms with E-state index in [-0.39, 0.29) is 10.8 Å². The van der Waals surface area contributed by atoms with Gasteiger partial charge in [0.2, 0.25) is 5.90 Å². The predicted octanol–water partition coefficient (Wildman–Crippen LogP) is 1.97. The highest BCUT2D eigenvalue weighted by molar-refractivity contribution is 7.89. The van der Waals surface area contributed by atoms with E-state index in [0.29, 0.717) is 5.56 Å². The molecule has 0 heterocycles. The van der Waals surface area contributed by atoms with E-state index < -0.39 is 10.0 Å². The van der Waals surface area contributed by atoms with Crippen LogP contribution in [0.25, 0.3) is 0 Å². The van der Waals surface area contributed by atoms with Gasteiger partial charge in [-0.3, -0.25) is 0 Å². The van der Waals surface area contributed by atoms with Crippen molar-refractivity contribution in [2.75, 3.05) is 7.11 Å². The topological polar surface area (TPSA) is 67.8 Å². The van der Waals surface area contributed by atoms with Crippen LogP contribution < -0.4 is 4.83 Å². The zero-order valence-electron chi connectivity index (χ0n) is 10.9. The fraction of sp³-hybridized carbons (Fsp3) is 0.0714. The van der Waals surface area contributed by atoms with Gasteiger partial charge in [-0.2, -0.15) is 13.2 Å². The first-order chi connectivity index (χ1) is 9.63. The van der Waals surface area contributed by atoms with Gasteiger partial charge in [0, 0.05) is 5.56 Å². The summed E-state index contributed by atoms with van der Waals surface area (Å²) in [7, 11) is -2.26. The van der Waals surface area contributed by atoms with Gasteiger partial charge < -0.3 is 4.74 Å². The molecule has 0 amide bonds. The van der Waals surface area contributed by atoms with Gasteiger partial charge in [0.05, 0.1) is 12.0 Å². The van der Waals surface area contributed by atoms with E-state index in [1.165, 1.54) is 19.2 Å². The van der Waals surface area contributed by atoms with Gasteiger partial charge >= 0.3 is 0 Å². The van der Waals surface area contributed by atoms with Crippen molar-refractivity contribution >= 4 is 15.9 Å². The van der Waals surface area contributed by atoms with Crippen LogP contribution in [0.2, 0.25) is 0 Å². The fourth-order valence-electron chi connectivity index (χ4n) is 1.56. The summed E-state index contributed by atoms with van der Waals surface area (Å²) in [5, 5.41) is 3.82. The third-order valence-corrected chi connectivity index (χ3v) is 3.76. The molecule has 0 spiro atoms. The maximum Gasteiger partial charge on any atom is 0.276 e. The fourth-order valence-corrected chi connectivity index (χ4v) is 2.39. The molecule has 0 radical (unpaired) electrons. The molecule has 0 aliphatic heterocycles. The lowest BCUT2D eigenvalue weighted by molar-refractivity contribution is 0.401. The number of methoxy groups -OCH3 is 1. The molecule has 2 aromatic carbocycles. The molecule has 0 unspecified atom stereocenters. The highest BCUT2D eigenvalue weighted by Gasteiger charge is 2.13. The highest BCUT2D eigenvalue weighted by atomic mass is 32.2. The average molecular weight is 290 g/mol. The maximum atomic E-state index is 12.0. The summed E-state index contributed by atoms with van der Waals surface area (Å²) in [6.45, 7) is 0. The Balaban J connectivity index is 2.23. The molecule has 1 N–H and O–H groups in total. The average Bonchev–Trinajstić information content (AvgIpc) is 2.50.